The Morgan fingerprint density at radius 3 is 3.20 bits per heavy atom. The van der Waals surface area contributed by atoms with Crippen LogP contribution in [-0.4, -0.2) is 31.1 Å². The minimum atomic E-state index is 0.627. The first-order valence-corrected chi connectivity index (χ1v) is 9.14. The average molecular weight is 292 g/mol. The largest absolute Gasteiger partial charge is 0.316 e. The third kappa shape index (κ3) is 3.10. The molecule has 1 aromatic rings. The Hall–Kier alpha value is -0.380. The molecule has 3 heteroatoms. The van der Waals surface area contributed by atoms with Gasteiger partial charge in [0, 0.05) is 17.5 Å². The van der Waals surface area contributed by atoms with Gasteiger partial charge in [0.1, 0.15) is 0 Å². The van der Waals surface area contributed by atoms with Crippen LogP contribution in [0.5, 0.6) is 0 Å². The van der Waals surface area contributed by atoms with Gasteiger partial charge >= 0.3 is 0 Å². The highest BCUT2D eigenvalue weighted by atomic mass is 32.1. The lowest BCUT2D eigenvalue weighted by Crippen LogP contribution is -2.37. The van der Waals surface area contributed by atoms with Crippen LogP contribution < -0.4 is 5.32 Å². The second-order valence-corrected chi connectivity index (χ2v) is 7.63. The Morgan fingerprint density at radius 1 is 1.50 bits per heavy atom. The number of hydrogen-bond acceptors (Lipinski definition) is 3. The molecule has 20 heavy (non-hydrogen) atoms. The second-order valence-electron chi connectivity index (χ2n) is 6.63. The summed E-state index contributed by atoms with van der Waals surface area (Å²) in [5, 5.41) is 5.82. The van der Waals surface area contributed by atoms with Gasteiger partial charge in [0.15, 0.2) is 0 Å². The molecular formula is C17H28N2S. The van der Waals surface area contributed by atoms with Crippen molar-refractivity contribution < 1.29 is 0 Å². The quantitative estimate of drug-likeness (QED) is 0.910. The Bertz CT molecular complexity index is 422. The fourth-order valence-corrected chi connectivity index (χ4v) is 4.80. The van der Waals surface area contributed by atoms with E-state index in [9.17, 15) is 0 Å². The van der Waals surface area contributed by atoms with Gasteiger partial charge in [-0.25, -0.2) is 0 Å². The molecule has 3 atom stereocenters. The minimum absolute atomic E-state index is 0.627. The molecule has 1 saturated heterocycles. The van der Waals surface area contributed by atoms with Crippen LogP contribution in [0.25, 0.3) is 0 Å². The lowest BCUT2D eigenvalue weighted by Gasteiger charge is -2.35. The van der Waals surface area contributed by atoms with E-state index in [1.54, 1.807) is 10.4 Å². The van der Waals surface area contributed by atoms with Gasteiger partial charge in [-0.3, -0.25) is 4.90 Å². The molecule has 2 aliphatic heterocycles. The predicted octanol–water partition coefficient (Wildman–Crippen LogP) is 3.69. The van der Waals surface area contributed by atoms with Gasteiger partial charge in [-0.05, 0) is 81.1 Å². The monoisotopic (exact) mass is 292 g/mol. The minimum Gasteiger partial charge on any atom is -0.316 e. The molecule has 1 aromatic heterocycles. The Morgan fingerprint density at radius 2 is 2.40 bits per heavy atom. The van der Waals surface area contributed by atoms with Crippen molar-refractivity contribution in [3.05, 3.63) is 21.9 Å². The number of rotatable bonds is 4. The number of nitrogens with one attached hydrogen (secondary N) is 1. The van der Waals surface area contributed by atoms with Crippen molar-refractivity contribution in [1.29, 1.82) is 0 Å². The van der Waals surface area contributed by atoms with E-state index in [4.69, 9.17) is 0 Å². The van der Waals surface area contributed by atoms with Crippen molar-refractivity contribution in [2.75, 3.05) is 26.2 Å². The third-order valence-corrected chi connectivity index (χ3v) is 6.41. The molecule has 1 N–H and O–H groups in total. The summed E-state index contributed by atoms with van der Waals surface area (Å²) in [6.07, 6.45) is 5.42. The van der Waals surface area contributed by atoms with Crippen molar-refractivity contribution in [2.45, 2.75) is 45.6 Å². The zero-order chi connectivity index (χ0) is 13.9. The molecule has 0 radical (unpaired) electrons. The van der Waals surface area contributed by atoms with Crippen LogP contribution in [0, 0.1) is 11.8 Å². The summed E-state index contributed by atoms with van der Waals surface area (Å²) < 4.78 is 0. The highest BCUT2D eigenvalue weighted by Crippen LogP contribution is 2.33. The number of fused-ring (bicyclic) bond motifs is 1. The van der Waals surface area contributed by atoms with E-state index >= 15 is 0 Å². The molecule has 2 aliphatic rings. The lowest BCUT2D eigenvalue weighted by molar-refractivity contribution is 0.169. The number of piperidine rings is 1. The fraction of sp³-hybridized carbons (Fsp3) is 0.765. The Labute approximate surface area is 127 Å². The van der Waals surface area contributed by atoms with Crippen LogP contribution in [0.4, 0.5) is 0 Å². The van der Waals surface area contributed by atoms with E-state index in [1.807, 2.05) is 11.3 Å². The molecule has 112 valence electrons. The molecule has 0 bridgehead atoms. The van der Waals surface area contributed by atoms with Crippen molar-refractivity contribution in [3.63, 3.8) is 0 Å². The van der Waals surface area contributed by atoms with E-state index in [-0.39, 0.29) is 0 Å². The lowest BCUT2D eigenvalue weighted by atomic mass is 9.85. The first-order valence-electron chi connectivity index (χ1n) is 8.26. The van der Waals surface area contributed by atoms with E-state index in [2.05, 4.69) is 35.5 Å². The smallest absolute Gasteiger partial charge is 0.0331 e. The zero-order valence-corrected chi connectivity index (χ0v) is 13.7. The molecule has 0 aliphatic carbocycles. The van der Waals surface area contributed by atoms with Gasteiger partial charge in [0.05, 0.1) is 0 Å². The van der Waals surface area contributed by atoms with Crippen LogP contribution >= 0.6 is 11.3 Å². The fourth-order valence-electron chi connectivity index (χ4n) is 3.84. The number of nitrogens with zero attached hydrogens (tertiary/aromatic N) is 1. The van der Waals surface area contributed by atoms with Gasteiger partial charge < -0.3 is 5.32 Å². The second kappa shape index (κ2) is 6.59. The summed E-state index contributed by atoms with van der Waals surface area (Å²) in [5.41, 5.74) is 1.59. The van der Waals surface area contributed by atoms with E-state index in [0.29, 0.717) is 6.04 Å². The first-order chi connectivity index (χ1) is 9.75. The average Bonchev–Trinajstić information content (AvgIpc) is 2.96. The summed E-state index contributed by atoms with van der Waals surface area (Å²) >= 11 is 1.94. The Kier molecular flexibility index (Phi) is 4.79. The number of hydrogen-bond donors (Lipinski definition) is 1. The molecule has 3 heterocycles. The molecule has 2 nitrogen and oxygen atoms in total. The Balaban J connectivity index is 1.51. The van der Waals surface area contributed by atoms with Gasteiger partial charge in [-0.1, -0.05) is 6.92 Å². The highest BCUT2D eigenvalue weighted by molar-refractivity contribution is 7.10. The van der Waals surface area contributed by atoms with Crippen LogP contribution in [-0.2, 0) is 6.42 Å². The standard InChI is InChI=1S/C17H28N2S/c1-13(15-4-3-8-18-12-15)5-9-19-10-6-17-16(14(19)2)7-11-20-17/h7,11,13-15,18H,3-6,8-10,12H2,1-2H3. The molecule has 3 rings (SSSR count). The summed E-state index contributed by atoms with van der Waals surface area (Å²) in [7, 11) is 0. The SMILES string of the molecule is CC(CCN1CCc2sccc2C1C)C1CCCNC1. The maximum Gasteiger partial charge on any atom is 0.0331 e. The van der Waals surface area contributed by atoms with E-state index in [0.717, 1.165) is 11.8 Å². The van der Waals surface area contributed by atoms with E-state index < -0.39 is 0 Å². The van der Waals surface area contributed by atoms with Gasteiger partial charge in [0.25, 0.3) is 0 Å². The van der Waals surface area contributed by atoms with Crippen molar-refractivity contribution in [3.8, 4) is 0 Å². The molecular weight excluding hydrogens is 264 g/mol. The van der Waals surface area contributed by atoms with Crippen LogP contribution in [0.3, 0.4) is 0 Å². The summed E-state index contributed by atoms with van der Waals surface area (Å²) in [4.78, 5) is 4.32. The summed E-state index contributed by atoms with van der Waals surface area (Å²) in [6, 6.07) is 2.97. The van der Waals surface area contributed by atoms with Crippen LogP contribution in [0.15, 0.2) is 11.4 Å². The topological polar surface area (TPSA) is 15.3 Å². The maximum atomic E-state index is 3.56. The van der Waals surface area contributed by atoms with Crippen molar-refractivity contribution in [1.82, 2.24) is 10.2 Å². The zero-order valence-electron chi connectivity index (χ0n) is 12.9. The summed E-state index contributed by atoms with van der Waals surface area (Å²) in [5.74, 6) is 1.76. The normalized spacial score (nSPS) is 29.1. The van der Waals surface area contributed by atoms with Crippen LogP contribution in [0.2, 0.25) is 0 Å². The van der Waals surface area contributed by atoms with Crippen LogP contribution in [0.1, 0.15) is 49.6 Å². The van der Waals surface area contributed by atoms with Gasteiger partial charge in [-0.2, -0.15) is 0 Å². The first kappa shape index (κ1) is 14.6. The third-order valence-electron chi connectivity index (χ3n) is 5.42. The highest BCUT2D eigenvalue weighted by Gasteiger charge is 2.26. The molecule has 1 fully saturated rings. The molecule has 0 spiro atoms. The van der Waals surface area contributed by atoms with Gasteiger partial charge in [0.2, 0.25) is 0 Å². The summed E-state index contributed by atoms with van der Waals surface area (Å²) in [6.45, 7) is 9.84. The molecule has 3 unspecified atom stereocenters. The maximum absolute atomic E-state index is 3.56. The van der Waals surface area contributed by atoms with E-state index in [1.165, 1.54) is 51.9 Å². The predicted molar refractivity (Wildman–Crippen MR) is 87.4 cm³/mol. The van der Waals surface area contributed by atoms with Crippen molar-refractivity contribution >= 4 is 11.3 Å². The van der Waals surface area contributed by atoms with Gasteiger partial charge in [-0.15, -0.1) is 11.3 Å². The molecule has 0 aromatic carbocycles. The van der Waals surface area contributed by atoms with Crippen molar-refractivity contribution in [2.24, 2.45) is 11.8 Å². The molecule has 0 saturated carbocycles. The number of thiophene rings is 1. The molecule has 0 amide bonds.